The van der Waals surface area contributed by atoms with Gasteiger partial charge in [-0.05, 0) is 29.3 Å². The second-order valence-electron chi connectivity index (χ2n) is 6.07. The lowest BCUT2D eigenvalue weighted by molar-refractivity contribution is -0.138. The van der Waals surface area contributed by atoms with Crippen LogP contribution < -0.4 is 16.2 Å². The van der Waals surface area contributed by atoms with Gasteiger partial charge in [0, 0.05) is 29.1 Å². The van der Waals surface area contributed by atoms with Gasteiger partial charge in [0.25, 0.3) is 0 Å². The highest BCUT2D eigenvalue weighted by molar-refractivity contribution is 5.94. The molecule has 0 aliphatic heterocycles. The number of hydrogen-bond donors (Lipinski definition) is 5. The number of carboxylic acids is 1. The van der Waals surface area contributed by atoms with Crippen molar-refractivity contribution in [3.63, 3.8) is 0 Å². The summed E-state index contributed by atoms with van der Waals surface area (Å²) in [6.07, 6.45) is 2.02. The van der Waals surface area contributed by atoms with Crippen LogP contribution in [-0.2, 0) is 17.8 Å². The third-order valence-electron chi connectivity index (χ3n) is 4.17. The first-order valence-corrected chi connectivity index (χ1v) is 8.08. The van der Waals surface area contributed by atoms with E-state index in [2.05, 4.69) is 4.98 Å². The Hall–Kier alpha value is -3.32. The zero-order chi connectivity index (χ0) is 18.7. The zero-order valence-electron chi connectivity index (χ0n) is 14.0. The Bertz CT molecular complexity index is 947. The van der Waals surface area contributed by atoms with Gasteiger partial charge >= 0.3 is 5.97 Å². The van der Waals surface area contributed by atoms with E-state index < -0.39 is 12.0 Å². The Kier molecular flexibility index (Phi) is 4.90. The van der Waals surface area contributed by atoms with Crippen molar-refractivity contribution in [1.29, 1.82) is 5.41 Å². The SMILES string of the molecule is N=C(N)c1ccc(COc2ccc3[nH]cc(CC(N)C(=O)O)c3c2)cc1. The standard InChI is InChI=1S/C19H20N4O3/c20-16(19(24)25)7-13-9-23-17-6-5-14(8-15(13)17)26-10-11-1-3-12(4-2-11)18(21)22/h1-6,8-9,16,23H,7,10,20H2,(H3,21,22)(H,24,25). The number of fused-ring (bicyclic) bond motifs is 1. The van der Waals surface area contributed by atoms with E-state index in [0.29, 0.717) is 17.9 Å². The second-order valence-corrected chi connectivity index (χ2v) is 6.07. The number of ether oxygens (including phenoxy) is 1. The van der Waals surface area contributed by atoms with E-state index in [1.807, 2.05) is 30.3 Å². The minimum Gasteiger partial charge on any atom is -0.489 e. The lowest BCUT2D eigenvalue weighted by Gasteiger charge is -2.09. The van der Waals surface area contributed by atoms with E-state index in [-0.39, 0.29) is 12.3 Å². The minimum absolute atomic E-state index is 0.0301. The van der Waals surface area contributed by atoms with E-state index in [1.165, 1.54) is 0 Å². The normalized spacial score (nSPS) is 12.0. The summed E-state index contributed by atoms with van der Waals surface area (Å²) in [6, 6.07) is 12.0. The number of rotatable bonds is 7. The molecule has 0 fully saturated rings. The molecule has 0 aliphatic rings. The molecule has 0 aliphatic carbocycles. The molecule has 3 rings (SSSR count). The first-order chi connectivity index (χ1) is 12.4. The van der Waals surface area contributed by atoms with Crippen LogP contribution in [0, 0.1) is 5.41 Å². The van der Waals surface area contributed by atoms with Gasteiger partial charge in [-0.25, -0.2) is 0 Å². The van der Waals surface area contributed by atoms with E-state index in [1.54, 1.807) is 18.3 Å². The van der Waals surface area contributed by atoms with Crippen LogP contribution in [0.25, 0.3) is 10.9 Å². The number of benzene rings is 2. The Morgan fingerprint density at radius 3 is 2.62 bits per heavy atom. The molecule has 1 atom stereocenters. The van der Waals surface area contributed by atoms with E-state index >= 15 is 0 Å². The van der Waals surface area contributed by atoms with Gasteiger partial charge < -0.3 is 26.3 Å². The molecule has 0 radical (unpaired) electrons. The van der Waals surface area contributed by atoms with Crippen LogP contribution >= 0.6 is 0 Å². The van der Waals surface area contributed by atoms with Crippen LogP contribution in [0.15, 0.2) is 48.7 Å². The Morgan fingerprint density at radius 1 is 1.23 bits per heavy atom. The van der Waals surface area contributed by atoms with Crippen molar-refractivity contribution in [2.75, 3.05) is 0 Å². The molecule has 0 saturated carbocycles. The van der Waals surface area contributed by atoms with E-state index in [0.717, 1.165) is 22.0 Å². The first-order valence-electron chi connectivity index (χ1n) is 8.08. The summed E-state index contributed by atoms with van der Waals surface area (Å²) in [4.78, 5) is 14.1. The molecule has 7 nitrogen and oxygen atoms in total. The van der Waals surface area contributed by atoms with Crippen LogP contribution in [0.3, 0.4) is 0 Å². The fraction of sp³-hybridized carbons (Fsp3) is 0.158. The summed E-state index contributed by atoms with van der Waals surface area (Å²) >= 11 is 0. The molecule has 1 heterocycles. The number of aliphatic carboxylic acids is 1. The average molecular weight is 352 g/mol. The molecule has 0 amide bonds. The average Bonchev–Trinajstić information content (AvgIpc) is 3.02. The van der Waals surface area contributed by atoms with Gasteiger partial charge in [0.1, 0.15) is 24.2 Å². The maximum absolute atomic E-state index is 11.0. The summed E-state index contributed by atoms with van der Waals surface area (Å²) in [6.45, 7) is 0.373. The van der Waals surface area contributed by atoms with Crippen molar-refractivity contribution in [2.24, 2.45) is 11.5 Å². The topological polar surface area (TPSA) is 138 Å². The monoisotopic (exact) mass is 352 g/mol. The predicted octanol–water partition coefficient (Wildman–Crippen LogP) is 1.99. The molecule has 7 N–H and O–H groups in total. The quantitative estimate of drug-likeness (QED) is 0.327. The van der Waals surface area contributed by atoms with Crippen molar-refractivity contribution >= 4 is 22.7 Å². The fourth-order valence-corrected chi connectivity index (χ4v) is 2.69. The molecule has 134 valence electrons. The van der Waals surface area contributed by atoms with Crippen LogP contribution in [0.2, 0.25) is 0 Å². The summed E-state index contributed by atoms with van der Waals surface area (Å²) in [7, 11) is 0. The Balaban J connectivity index is 1.74. The molecule has 0 bridgehead atoms. The molecular formula is C19H20N4O3. The second kappa shape index (κ2) is 7.28. The van der Waals surface area contributed by atoms with Crippen molar-refractivity contribution in [3.8, 4) is 5.75 Å². The number of hydrogen-bond acceptors (Lipinski definition) is 4. The van der Waals surface area contributed by atoms with Gasteiger partial charge in [-0.1, -0.05) is 24.3 Å². The number of nitrogens with one attached hydrogen (secondary N) is 2. The van der Waals surface area contributed by atoms with Crippen molar-refractivity contribution in [3.05, 3.63) is 65.4 Å². The highest BCUT2D eigenvalue weighted by Gasteiger charge is 2.15. The summed E-state index contributed by atoms with van der Waals surface area (Å²) in [5.41, 5.74) is 14.4. The van der Waals surface area contributed by atoms with Crippen LogP contribution in [0.4, 0.5) is 0 Å². The highest BCUT2D eigenvalue weighted by atomic mass is 16.5. The van der Waals surface area contributed by atoms with Gasteiger partial charge in [-0.3, -0.25) is 10.2 Å². The summed E-state index contributed by atoms with van der Waals surface area (Å²) in [5, 5.41) is 17.3. The van der Waals surface area contributed by atoms with Crippen LogP contribution in [0.1, 0.15) is 16.7 Å². The number of H-pyrrole nitrogens is 1. The molecule has 7 heteroatoms. The number of nitrogens with two attached hydrogens (primary N) is 2. The molecule has 3 aromatic rings. The van der Waals surface area contributed by atoms with Crippen molar-refractivity contribution < 1.29 is 14.6 Å². The maximum Gasteiger partial charge on any atom is 0.320 e. The highest BCUT2D eigenvalue weighted by Crippen LogP contribution is 2.25. The van der Waals surface area contributed by atoms with Gasteiger partial charge in [0.2, 0.25) is 0 Å². The number of aromatic nitrogens is 1. The predicted molar refractivity (Wildman–Crippen MR) is 99.4 cm³/mol. The third kappa shape index (κ3) is 3.84. The minimum atomic E-state index is -1.03. The Morgan fingerprint density at radius 2 is 1.96 bits per heavy atom. The summed E-state index contributed by atoms with van der Waals surface area (Å²) in [5.74, 6) is -0.318. The molecule has 0 saturated heterocycles. The summed E-state index contributed by atoms with van der Waals surface area (Å²) < 4.78 is 5.83. The molecule has 0 spiro atoms. The van der Waals surface area contributed by atoms with Crippen molar-refractivity contribution in [2.45, 2.75) is 19.1 Å². The molecule has 1 unspecified atom stereocenters. The molecule has 1 aromatic heterocycles. The van der Waals surface area contributed by atoms with E-state index in [4.69, 9.17) is 26.7 Å². The maximum atomic E-state index is 11.0. The first kappa shape index (κ1) is 17.5. The zero-order valence-corrected chi connectivity index (χ0v) is 14.0. The molecule has 26 heavy (non-hydrogen) atoms. The van der Waals surface area contributed by atoms with Gasteiger partial charge in [0.15, 0.2) is 0 Å². The van der Waals surface area contributed by atoms with Crippen LogP contribution in [0.5, 0.6) is 5.75 Å². The fourth-order valence-electron chi connectivity index (χ4n) is 2.69. The lowest BCUT2D eigenvalue weighted by Crippen LogP contribution is -2.32. The number of amidine groups is 1. The van der Waals surface area contributed by atoms with Crippen LogP contribution in [-0.4, -0.2) is 27.9 Å². The van der Waals surface area contributed by atoms with Gasteiger partial charge in [-0.2, -0.15) is 0 Å². The third-order valence-corrected chi connectivity index (χ3v) is 4.17. The number of carbonyl (C=O) groups is 1. The Labute approximate surface area is 150 Å². The lowest BCUT2D eigenvalue weighted by atomic mass is 10.1. The number of carboxylic acid groups (broad SMARTS) is 1. The molecular weight excluding hydrogens is 332 g/mol. The van der Waals surface area contributed by atoms with Crippen molar-refractivity contribution in [1.82, 2.24) is 4.98 Å². The smallest absolute Gasteiger partial charge is 0.320 e. The van der Waals surface area contributed by atoms with Gasteiger partial charge in [-0.15, -0.1) is 0 Å². The molecule has 2 aromatic carbocycles. The van der Waals surface area contributed by atoms with E-state index in [9.17, 15) is 4.79 Å². The largest absolute Gasteiger partial charge is 0.489 e. The number of nitrogen functional groups attached to an aromatic ring is 1. The van der Waals surface area contributed by atoms with Gasteiger partial charge in [0.05, 0.1) is 0 Å². The number of aromatic amines is 1.